The number of likely N-dealkylation sites (tertiary alicyclic amines) is 1. The summed E-state index contributed by atoms with van der Waals surface area (Å²) in [5.74, 6) is 0.800. The van der Waals surface area contributed by atoms with Gasteiger partial charge >= 0.3 is 0 Å². The van der Waals surface area contributed by atoms with Gasteiger partial charge in [-0.05, 0) is 24.5 Å². The molecule has 2 N–H and O–H groups in total. The Kier molecular flexibility index (Phi) is 4.31. The molecular formula is C16H20FN3O. The lowest BCUT2D eigenvalue weighted by atomic mass is 9.88. The minimum atomic E-state index is -0.363. The van der Waals surface area contributed by atoms with Crippen LogP contribution in [-0.4, -0.2) is 39.2 Å². The monoisotopic (exact) mass is 289 g/mol. The van der Waals surface area contributed by atoms with E-state index in [-0.39, 0.29) is 17.8 Å². The second-order valence-electron chi connectivity index (χ2n) is 5.68. The Balaban J connectivity index is 1.65. The molecule has 1 fully saturated rings. The van der Waals surface area contributed by atoms with Crippen LogP contribution >= 0.6 is 0 Å². The summed E-state index contributed by atoms with van der Waals surface area (Å²) in [5, 5.41) is 10.2. The molecule has 1 aliphatic rings. The number of aromatic amines is 1. The average Bonchev–Trinajstić information content (AvgIpc) is 2.98. The van der Waals surface area contributed by atoms with Crippen LogP contribution in [0.1, 0.15) is 17.8 Å². The Morgan fingerprint density at radius 2 is 2.24 bits per heavy atom. The van der Waals surface area contributed by atoms with E-state index in [1.165, 1.54) is 6.07 Å². The van der Waals surface area contributed by atoms with E-state index in [0.29, 0.717) is 12.0 Å². The molecule has 0 bridgehead atoms. The van der Waals surface area contributed by atoms with E-state index in [9.17, 15) is 9.50 Å². The number of piperidine rings is 1. The lowest BCUT2D eigenvalue weighted by Crippen LogP contribution is -2.43. The molecule has 0 unspecified atom stereocenters. The van der Waals surface area contributed by atoms with Crippen LogP contribution in [0, 0.1) is 11.7 Å². The molecule has 3 rings (SSSR count). The van der Waals surface area contributed by atoms with E-state index in [2.05, 4.69) is 14.9 Å². The zero-order valence-corrected chi connectivity index (χ0v) is 11.9. The normalized spacial score (nSPS) is 23.3. The Bertz CT molecular complexity index is 573. The lowest BCUT2D eigenvalue weighted by molar-refractivity contribution is 0.0228. The largest absolute Gasteiger partial charge is 0.393 e. The number of rotatable bonds is 4. The van der Waals surface area contributed by atoms with E-state index in [1.807, 2.05) is 12.3 Å². The van der Waals surface area contributed by atoms with Gasteiger partial charge < -0.3 is 10.1 Å². The van der Waals surface area contributed by atoms with Gasteiger partial charge in [-0.15, -0.1) is 0 Å². The van der Waals surface area contributed by atoms with E-state index in [4.69, 9.17) is 0 Å². The fourth-order valence-electron chi connectivity index (χ4n) is 2.98. The van der Waals surface area contributed by atoms with Crippen molar-refractivity contribution >= 4 is 0 Å². The third-order valence-electron chi connectivity index (χ3n) is 4.15. The Morgan fingerprint density at radius 1 is 1.38 bits per heavy atom. The highest BCUT2D eigenvalue weighted by Crippen LogP contribution is 2.23. The topological polar surface area (TPSA) is 52.1 Å². The molecule has 1 aromatic carbocycles. The summed E-state index contributed by atoms with van der Waals surface area (Å²) in [7, 11) is 0. The van der Waals surface area contributed by atoms with Crippen LogP contribution in [0.5, 0.6) is 0 Å². The number of imidazole rings is 1. The first-order valence-corrected chi connectivity index (χ1v) is 7.34. The predicted octanol–water partition coefficient (Wildman–Crippen LogP) is 1.97. The summed E-state index contributed by atoms with van der Waals surface area (Å²) in [6, 6.07) is 6.81. The fourth-order valence-corrected chi connectivity index (χ4v) is 2.98. The quantitative estimate of drug-likeness (QED) is 0.905. The number of aliphatic hydroxyl groups excluding tert-OH is 1. The molecule has 1 aliphatic heterocycles. The summed E-state index contributed by atoms with van der Waals surface area (Å²) in [5.41, 5.74) is 0.682. The highest BCUT2D eigenvalue weighted by molar-refractivity contribution is 5.18. The van der Waals surface area contributed by atoms with Crippen molar-refractivity contribution in [2.75, 3.05) is 13.1 Å². The number of nitrogens with one attached hydrogen (secondary N) is 1. The number of aliphatic hydroxyl groups is 1. The first-order valence-electron chi connectivity index (χ1n) is 7.34. The third-order valence-corrected chi connectivity index (χ3v) is 4.15. The molecule has 5 heteroatoms. The van der Waals surface area contributed by atoms with Gasteiger partial charge in [-0.25, -0.2) is 9.37 Å². The van der Waals surface area contributed by atoms with Gasteiger partial charge in [-0.1, -0.05) is 18.2 Å². The summed E-state index contributed by atoms with van der Waals surface area (Å²) in [6.07, 6.45) is 4.48. The van der Waals surface area contributed by atoms with Gasteiger partial charge in [0.1, 0.15) is 11.6 Å². The van der Waals surface area contributed by atoms with Crippen molar-refractivity contribution in [3.63, 3.8) is 0 Å². The third kappa shape index (κ3) is 3.49. The van der Waals surface area contributed by atoms with E-state index in [1.54, 1.807) is 18.3 Å². The van der Waals surface area contributed by atoms with Gasteiger partial charge in [-0.3, -0.25) is 4.90 Å². The molecule has 21 heavy (non-hydrogen) atoms. The van der Waals surface area contributed by atoms with Gasteiger partial charge in [-0.2, -0.15) is 0 Å². The number of halogens is 1. The zero-order chi connectivity index (χ0) is 14.7. The number of H-pyrrole nitrogens is 1. The number of benzene rings is 1. The molecule has 0 radical (unpaired) electrons. The SMILES string of the molecule is O[C@H]1CCN(Cc2ncc[nH]2)C[C@H]1Cc1ccccc1F. The Morgan fingerprint density at radius 3 is 3.00 bits per heavy atom. The molecule has 2 heterocycles. The van der Waals surface area contributed by atoms with Crippen LogP contribution in [0.4, 0.5) is 4.39 Å². The van der Waals surface area contributed by atoms with Gasteiger partial charge in [0.15, 0.2) is 0 Å². The van der Waals surface area contributed by atoms with Gasteiger partial charge in [0.25, 0.3) is 0 Å². The van der Waals surface area contributed by atoms with Crippen molar-refractivity contribution in [2.24, 2.45) is 5.92 Å². The molecule has 0 spiro atoms. The number of hydrogen-bond donors (Lipinski definition) is 2. The van der Waals surface area contributed by atoms with Crippen LogP contribution < -0.4 is 0 Å². The van der Waals surface area contributed by atoms with E-state index < -0.39 is 0 Å². The van der Waals surface area contributed by atoms with Crippen molar-refractivity contribution in [3.8, 4) is 0 Å². The van der Waals surface area contributed by atoms with Crippen LogP contribution in [0.15, 0.2) is 36.7 Å². The number of nitrogens with zero attached hydrogens (tertiary/aromatic N) is 2. The highest BCUT2D eigenvalue weighted by atomic mass is 19.1. The average molecular weight is 289 g/mol. The predicted molar refractivity (Wildman–Crippen MR) is 78.1 cm³/mol. The van der Waals surface area contributed by atoms with Crippen LogP contribution in [0.2, 0.25) is 0 Å². The summed E-state index contributed by atoms with van der Waals surface area (Å²) >= 11 is 0. The molecule has 0 aliphatic carbocycles. The highest BCUT2D eigenvalue weighted by Gasteiger charge is 2.28. The number of aromatic nitrogens is 2. The fraction of sp³-hybridized carbons (Fsp3) is 0.438. The summed E-state index contributed by atoms with van der Waals surface area (Å²) in [6.45, 7) is 2.35. The maximum Gasteiger partial charge on any atom is 0.126 e. The van der Waals surface area contributed by atoms with Crippen molar-refractivity contribution in [1.29, 1.82) is 0 Å². The molecular weight excluding hydrogens is 269 g/mol. The maximum absolute atomic E-state index is 13.8. The second kappa shape index (κ2) is 6.37. The molecule has 4 nitrogen and oxygen atoms in total. The molecule has 2 aromatic rings. The van der Waals surface area contributed by atoms with Crippen LogP contribution in [0.3, 0.4) is 0 Å². The molecule has 0 saturated carbocycles. The van der Waals surface area contributed by atoms with Crippen LogP contribution in [-0.2, 0) is 13.0 Å². The molecule has 2 atom stereocenters. The van der Waals surface area contributed by atoms with Gasteiger partial charge in [0.2, 0.25) is 0 Å². The van der Waals surface area contributed by atoms with E-state index >= 15 is 0 Å². The first kappa shape index (κ1) is 14.2. The Labute approximate surface area is 123 Å². The summed E-state index contributed by atoms with van der Waals surface area (Å²) < 4.78 is 13.8. The molecule has 1 aromatic heterocycles. The standard InChI is InChI=1S/C16H20FN3O/c17-14-4-2-1-3-12(14)9-13-10-20(8-5-15(13)21)11-16-18-6-7-19-16/h1-4,6-7,13,15,21H,5,8-11H2,(H,18,19)/t13-,15+/m1/s1. The van der Waals surface area contributed by atoms with Crippen molar-refractivity contribution < 1.29 is 9.50 Å². The first-order chi connectivity index (χ1) is 10.2. The molecule has 0 amide bonds. The molecule has 112 valence electrons. The number of hydrogen-bond acceptors (Lipinski definition) is 3. The Hall–Kier alpha value is -1.72. The lowest BCUT2D eigenvalue weighted by Gasteiger charge is -2.36. The smallest absolute Gasteiger partial charge is 0.126 e. The van der Waals surface area contributed by atoms with Crippen LogP contribution in [0.25, 0.3) is 0 Å². The minimum Gasteiger partial charge on any atom is -0.393 e. The van der Waals surface area contributed by atoms with E-state index in [0.717, 1.165) is 31.9 Å². The zero-order valence-electron chi connectivity index (χ0n) is 11.9. The summed E-state index contributed by atoms with van der Waals surface area (Å²) in [4.78, 5) is 9.59. The maximum atomic E-state index is 13.8. The minimum absolute atomic E-state index is 0.0608. The van der Waals surface area contributed by atoms with Crippen molar-refractivity contribution in [2.45, 2.75) is 25.5 Å². The molecule has 1 saturated heterocycles. The second-order valence-corrected chi connectivity index (χ2v) is 5.68. The van der Waals surface area contributed by atoms with Crippen molar-refractivity contribution in [3.05, 3.63) is 53.9 Å². The van der Waals surface area contributed by atoms with Gasteiger partial charge in [0.05, 0.1) is 12.6 Å². The van der Waals surface area contributed by atoms with Gasteiger partial charge in [0, 0.05) is 31.4 Å². The van der Waals surface area contributed by atoms with Crippen molar-refractivity contribution in [1.82, 2.24) is 14.9 Å².